The molecule has 48 heavy (non-hydrogen) atoms. The van der Waals surface area contributed by atoms with Crippen LogP contribution in [0.2, 0.25) is 0 Å². The number of thiophene rings is 1. The molecule has 10 heteroatoms. The van der Waals surface area contributed by atoms with Gasteiger partial charge >= 0.3 is 5.97 Å². The maximum atomic E-state index is 13.5. The molecule has 0 saturated carbocycles. The Bertz CT molecular complexity index is 1700. The van der Waals surface area contributed by atoms with Crippen LogP contribution < -0.4 is 10.1 Å². The summed E-state index contributed by atoms with van der Waals surface area (Å²) in [6.45, 7) is 11.7. The third kappa shape index (κ3) is 8.86. The number of aromatic nitrogens is 2. The smallest absolute Gasteiger partial charge is 0.310 e. The van der Waals surface area contributed by atoms with Gasteiger partial charge in [0.15, 0.2) is 5.82 Å². The molecule has 1 atom stereocenters. The Morgan fingerprint density at radius 3 is 2.17 bits per heavy atom. The normalized spacial score (nSPS) is 14.0. The maximum Gasteiger partial charge on any atom is 0.310 e. The van der Waals surface area contributed by atoms with Crippen LogP contribution in [0.5, 0.6) is 5.75 Å². The molecule has 0 spiro atoms. The number of hydrogen-bond donors (Lipinski definition) is 2. The van der Waals surface area contributed by atoms with Crippen molar-refractivity contribution in [1.82, 2.24) is 20.2 Å². The zero-order valence-corrected chi connectivity index (χ0v) is 29.0. The van der Waals surface area contributed by atoms with Crippen LogP contribution in [0.1, 0.15) is 67.6 Å². The predicted octanol–water partition coefficient (Wildman–Crippen LogP) is 6.87. The van der Waals surface area contributed by atoms with E-state index < -0.39 is 17.9 Å². The SMILES string of the molecule is CC(C)CCCOc1ccc(-c2cnc(-c3ccc(C[C@H](NC(=O)c4ccc(C(C)(C)C)s4)C(=O)N4CC(C(=O)O)C4)cc3)nc2)cc1. The van der Waals surface area contributed by atoms with Gasteiger partial charge in [-0.2, -0.15) is 0 Å². The highest BCUT2D eigenvalue weighted by molar-refractivity contribution is 7.14. The summed E-state index contributed by atoms with van der Waals surface area (Å²) >= 11 is 1.41. The number of nitrogens with one attached hydrogen (secondary N) is 1. The number of likely N-dealkylation sites (tertiary alicyclic amines) is 1. The summed E-state index contributed by atoms with van der Waals surface area (Å²) in [5.41, 5.74) is 3.47. The topological polar surface area (TPSA) is 122 Å². The molecule has 1 aliphatic rings. The van der Waals surface area contributed by atoms with Crippen molar-refractivity contribution in [2.24, 2.45) is 11.8 Å². The number of carboxylic acid groups (broad SMARTS) is 1. The molecule has 2 N–H and O–H groups in total. The molecule has 4 aromatic rings. The quantitative estimate of drug-likeness (QED) is 0.149. The molecule has 2 amide bonds. The minimum Gasteiger partial charge on any atom is -0.494 e. The van der Waals surface area contributed by atoms with Crippen molar-refractivity contribution in [3.8, 4) is 28.3 Å². The highest BCUT2D eigenvalue weighted by Crippen LogP contribution is 2.30. The van der Waals surface area contributed by atoms with Gasteiger partial charge in [0, 0.05) is 47.9 Å². The molecule has 2 aromatic heterocycles. The Balaban J connectivity index is 1.24. The first kappa shape index (κ1) is 34.8. The number of hydrogen-bond acceptors (Lipinski definition) is 7. The van der Waals surface area contributed by atoms with E-state index in [2.05, 4.69) is 49.9 Å². The third-order valence-electron chi connectivity index (χ3n) is 8.40. The molecule has 1 aliphatic heterocycles. The average molecular weight is 669 g/mol. The molecular formula is C38H44N4O5S. The molecular weight excluding hydrogens is 625 g/mol. The van der Waals surface area contributed by atoms with Crippen molar-refractivity contribution in [3.05, 3.63) is 88.4 Å². The second-order valence-corrected chi connectivity index (χ2v) is 14.9. The van der Waals surface area contributed by atoms with Gasteiger partial charge in [-0.05, 0) is 59.6 Å². The van der Waals surface area contributed by atoms with E-state index >= 15 is 0 Å². The largest absolute Gasteiger partial charge is 0.494 e. The minimum atomic E-state index is -0.922. The van der Waals surface area contributed by atoms with Crippen LogP contribution in [0.4, 0.5) is 0 Å². The van der Waals surface area contributed by atoms with Gasteiger partial charge < -0.3 is 20.1 Å². The molecule has 3 heterocycles. The van der Waals surface area contributed by atoms with E-state index in [9.17, 15) is 19.5 Å². The van der Waals surface area contributed by atoms with E-state index in [4.69, 9.17) is 4.74 Å². The monoisotopic (exact) mass is 668 g/mol. The van der Waals surface area contributed by atoms with Crippen molar-refractivity contribution in [2.75, 3.05) is 19.7 Å². The Hall–Kier alpha value is -4.57. The van der Waals surface area contributed by atoms with Crippen molar-refractivity contribution < 1.29 is 24.2 Å². The number of ether oxygens (including phenoxy) is 1. The van der Waals surface area contributed by atoms with Crippen LogP contribution >= 0.6 is 11.3 Å². The number of nitrogens with zero attached hydrogens (tertiary/aromatic N) is 3. The first-order valence-corrected chi connectivity index (χ1v) is 17.3. The van der Waals surface area contributed by atoms with Crippen LogP contribution in [0.15, 0.2) is 73.1 Å². The molecule has 252 valence electrons. The van der Waals surface area contributed by atoms with Crippen LogP contribution in [0, 0.1) is 11.8 Å². The van der Waals surface area contributed by atoms with Gasteiger partial charge in [-0.25, -0.2) is 9.97 Å². The van der Waals surface area contributed by atoms with E-state index in [1.165, 1.54) is 16.2 Å². The summed E-state index contributed by atoms with van der Waals surface area (Å²) < 4.78 is 5.86. The van der Waals surface area contributed by atoms with Crippen molar-refractivity contribution in [1.29, 1.82) is 0 Å². The molecule has 9 nitrogen and oxygen atoms in total. The van der Waals surface area contributed by atoms with Crippen molar-refractivity contribution in [3.63, 3.8) is 0 Å². The first-order chi connectivity index (χ1) is 22.9. The molecule has 0 unspecified atom stereocenters. The lowest BCUT2D eigenvalue weighted by molar-refractivity contribution is -0.153. The summed E-state index contributed by atoms with van der Waals surface area (Å²) in [4.78, 5) is 50.4. The summed E-state index contributed by atoms with van der Waals surface area (Å²) in [7, 11) is 0. The third-order valence-corrected chi connectivity index (χ3v) is 9.91. The predicted molar refractivity (Wildman–Crippen MR) is 188 cm³/mol. The molecule has 0 bridgehead atoms. The molecule has 0 aliphatic carbocycles. The molecule has 5 rings (SSSR count). The zero-order chi connectivity index (χ0) is 34.4. The summed E-state index contributed by atoms with van der Waals surface area (Å²) in [6.07, 6.45) is 6.03. The van der Waals surface area contributed by atoms with Gasteiger partial charge in [-0.15, -0.1) is 11.3 Å². The summed E-state index contributed by atoms with van der Waals surface area (Å²) in [5.74, 6) is -0.0248. The van der Waals surface area contributed by atoms with Crippen LogP contribution in [-0.2, 0) is 21.4 Å². The molecule has 0 radical (unpaired) electrons. The average Bonchev–Trinajstić information content (AvgIpc) is 3.54. The molecule has 2 aromatic carbocycles. The van der Waals surface area contributed by atoms with Gasteiger partial charge in [0.05, 0.1) is 17.4 Å². The lowest BCUT2D eigenvalue weighted by Crippen LogP contribution is -2.59. The lowest BCUT2D eigenvalue weighted by Gasteiger charge is -2.38. The fraction of sp³-hybridized carbons (Fsp3) is 0.395. The van der Waals surface area contributed by atoms with Gasteiger partial charge in [0.2, 0.25) is 5.91 Å². The Labute approximate surface area is 286 Å². The van der Waals surface area contributed by atoms with Gasteiger partial charge in [-0.3, -0.25) is 14.4 Å². The van der Waals surface area contributed by atoms with Gasteiger partial charge in [0.1, 0.15) is 11.8 Å². The van der Waals surface area contributed by atoms with E-state index in [1.54, 1.807) is 18.5 Å². The molecule has 1 saturated heterocycles. The van der Waals surface area contributed by atoms with E-state index in [0.717, 1.165) is 45.7 Å². The summed E-state index contributed by atoms with van der Waals surface area (Å²) in [6, 6.07) is 18.4. The number of carboxylic acids is 1. The fourth-order valence-corrected chi connectivity index (χ4v) is 6.37. The van der Waals surface area contributed by atoms with Crippen LogP contribution in [0.25, 0.3) is 22.5 Å². The fourth-order valence-electron chi connectivity index (χ4n) is 5.40. The number of benzene rings is 2. The number of amides is 2. The second-order valence-electron chi connectivity index (χ2n) is 13.8. The zero-order valence-electron chi connectivity index (χ0n) is 28.2. The Morgan fingerprint density at radius 2 is 1.58 bits per heavy atom. The second kappa shape index (κ2) is 15.1. The van der Waals surface area contributed by atoms with Gasteiger partial charge in [0.25, 0.3) is 5.91 Å². The summed E-state index contributed by atoms with van der Waals surface area (Å²) in [5, 5.41) is 12.2. The Morgan fingerprint density at radius 1 is 0.938 bits per heavy atom. The highest BCUT2D eigenvalue weighted by atomic mass is 32.1. The maximum absolute atomic E-state index is 13.5. The van der Waals surface area contributed by atoms with Gasteiger partial charge in [-0.1, -0.05) is 71.0 Å². The number of aliphatic carboxylic acids is 1. The standard InChI is InChI=1S/C38H44N4O5S/c1-24(2)7-6-18-47-30-14-12-26(13-15-30)28-20-39-34(40-21-28)27-10-8-25(9-11-27)19-31(36(44)42-22-29(23-42)37(45)46)41-35(43)32-16-17-33(48-32)38(3,4)5/h8-17,20-21,24,29,31H,6-7,18-19,22-23H2,1-5H3,(H,41,43)(H,45,46)/t31-/m0/s1. The van der Waals surface area contributed by atoms with Crippen LogP contribution in [0.3, 0.4) is 0 Å². The van der Waals surface area contributed by atoms with Crippen molar-refractivity contribution >= 4 is 29.1 Å². The first-order valence-electron chi connectivity index (χ1n) is 16.4. The van der Waals surface area contributed by atoms with Crippen molar-refractivity contribution in [2.45, 2.75) is 65.3 Å². The van der Waals surface area contributed by atoms with E-state index in [0.29, 0.717) is 23.2 Å². The van der Waals surface area contributed by atoms with E-state index in [-0.39, 0.29) is 36.7 Å². The highest BCUT2D eigenvalue weighted by Gasteiger charge is 2.39. The van der Waals surface area contributed by atoms with Crippen LogP contribution in [-0.4, -0.2) is 63.5 Å². The number of carbonyl (C=O) groups excluding carboxylic acids is 2. The number of carbonyl (C=O) groups is 3. The molecule has 1 fully saturated rings. The van der Waals surface area contributed by atoms with E-state index in [1.807, 2.05) is 54.6 Å². The lowest BCUT2D eigenvalue weighted by atomic mass is 9.95. The Kier molecular flexibility index (Phi) is 10.9. The number of rotatable bonds is 13. The minimum absolute atomic E-state index is 0.0961.